The summed E-state index contributed by atoms with van der Waals surface area (Å²) < 4.78 is 32.6. The lowest BCUT2D eigenvalue weighted by Gasteiger charge is -2.18. The molecule has 5 nitrogen and oxygen atoms in total. The quantitative estimate of drug-likeness (QED) is 0.786. The molecule has 1 atom stereocenters. The van der Waals surface area contributed by atoms with Crippen molar-refractivity contribution in [3.05, 3.63) is 22.8 Å². The molecule has 6 heteroatoms. The number of nitrogens with two attached hydrogens (primary N) is 1. The summed E-state index contributed by atoms with van der Waals surface area (Å²) in [5.41, 5.74) is 8.68. The zero-order chi connectivity index (χ0) is 15.5. The van der Waals surface area contributed by atoms with E-state index in [0.717, 1.165) is 5.56 Å². The number of sulfonamides is 1. The first-order valence-electron chi connectivity index (χ1n) is 6.58. The van der Waals surface area contributed by atoms with E-state index in [-0.39, 0.29) is 10.9 Å². The highest BCUT2D eigenvalue weighted by Gasteiger charge is 2.23. The minimum atomic E-state index is -3.58. The Balaban J connectivity index is 3.14. The molecule has 0 spiro atoms. The highest BCUT2D eigenvalue weighted by Crippen LogP contribution is 2.28. The van der Waals surface area contributed by atoms with Gasteiger partial charge in [-0.05, 0) is 50.8 Å². The van der Waals surface area contributed by atoms with Crippen molar-refractivity contribution in [3.8, 4) is 0 Å². The van der Waals surface area contributed by atoms with Crippen LogP contribution >= 0.6 is 0 Å². The van der Waals surface area contributed by atoms with Crippen LogP contribution in [0.15, 0.2) is 11.0 Å². The Morgan fingerprint density at radius 1 is 1.30 bits per heavy atom. The second-order valence-electron chi connectivity index (χ2n) is 5.18. The van der Waals surface area contributed by atoms with Gasteiger partial charge in [-0.25, -0.2) is 13.1 Å². The van der Waals surface area contributed by atoms with Crippen molar-refractivity contribution >= 4 is 15.7 Å². The van der Waals surface area contributed by atoms with Crippen molar-refractivity contribution in [1.29, 1.82) is 0 Å². The maximum absolute atomic E-state index is 12.5. The van der Waals surface area contributed by atoms with Crippen LogP contribution in [0.4, 0.5) is 5.69 Å². The summed E-state index contributed by atoms with van der Waals surface area (Å²) in [7, 11) is -1.98. The third-order valence-electron chi connectivity index (χ3n) is 3.34. The minimum Gasteiger partial charge on any atom is -0.398 e. The van der Waals surface area contributed by atoms with E-state index in [4.69, 9.17) is 10.5 Å². The number of benzene rings is 1. The number of methoxy groups -OCH3 is 1. The predicted molar refractivity (Wildman–Crippen MR) is 81.3 cm³/mol. The van der Waals surface area contributed by atoms with Gasteiger partial charge in [0, 0.05) is 25.4 Å². The summed E-state index contributed by atoms with van der Waals surface area (Å²) in [5, 5.41) is 0. The van der Waals surface area contributed by atoms with Crippen LogP contribution in [0, 0.1) is 20.8 Å². The normalized spacial score (nSPS) is 13.4. The Hall–Kier alpha value is -1.11. The van der Waals surface area contributed by atoms with Gasteiger partial charge in [0.15, 0.2) is 0 Å². The summed E-state index contributed by atoms with van der Waals surface area (Å²) in [6, 6.07) is 1.61. The van der Waals surface area contributed by atoms with E-state index < -0.39 is 10.0 Å². The lowest BCUT2D eigenvalue weighted by molar-refractivity contribution is 0.188. The first kappa shape index (κ1) is 16.9. The molecular weight excluding hydrogens is 276 g/mol. The molecule has 0 aliphatic carbocycles. The predicted octanol–water partition coefficient (Wildman–Crippen LogP) is 1.90. The van der Waals surface area contributed by atoms with Crippen LogP contribution in [-0.4, -0.2) is 28.2 Å². The van der Waals surface area contributed by atoms with Crippen molar-refractivity contribution in [2.75, 3.05) is 19.5 Å². The van der Waals surface area contributed by atoms with Crippen molar-refractivity contribution in [2.24, 2.45) is 0 Å². The number of rotatable bonds is 6. The Kier molecular flexibility index (Phi) is 5.56. The number of hydrogen-bond donors (Lipinski definition) is 2. The SMILES string of the molecule is COCCC(C)NS(=O)(=O)c1c(C)cc(C)c(N)c1C. The third kappa shape index (κ3) is 3.71. The third-order valence-corrected chi connectivity index (χ3v) is 5.22. The fraction of sp³-hybridized carbons (Fsp3) is 0.571. The number of ether oxygens (including phenoxy) is 1. The van der Waals surface area contributed by atoms with Crippen LogP contribution in [0.3, 0.4) is 0 Å². The van der Waals surface area contributed by atoms with E-state index in [2.05, 4.69) is 4.72 Å². The summed E-state index contributed by atoms with van der Waals surface area (Å²) in [5.74, 6) is 0. The van der Waals surface area contributed by atoms with Gasteiger partial charge >= 0.3 is 0 Å². The van der Waals surface area contributed by atoms with E-state index >= 15 is 0 Å². The standard InChI is InChI=1S/C14H24N2O3S/c1-9-8-10(2)14(12(4)13(9)15)20(17,18)16-11(3)6-7-19-5/h8,11,16H,6-7,15H2,1-5H3. The molecule has 1 rings (SSSR count). The lowest BCUT2D eigenvalue weighted by Crippen LogP contribution is -2.34. The van der Waals surface area contributed by atoms with E-state index in [1.54, 1.807) is 27.0 Å². The average Bonchev–Trinajstić information content (AvgIpc) is 2.32. The molecule has 0 bridgehead atoms. The van der Waals surface area contributed by atoms with Gasteiger partial charge in [-0.15, -0.1) is 0 Å². The summed E-state index contributed by atoms with van der Waals surface area (Å²) in [4.78, 5) is 0.282. The maximum Gasteiger partial charge on any atom is 0.241 e. The Morgan fingerprint density at radius 2 is 1.90 bits per heavy atom. The van der Waals surface area contributed by atoms with Crippen LogP contribution in [0.5, 0.6) is 0 Å². The molecule has 1 unspecified atom stereocenters. The molecule has 0 aromatic heterocycles. The Bertz CT molecular complexity index is 583. The second kappa shape index (κ2) is 6.56. The highest BCUT2D eigenvalue weighted by molar-refractivity contribution is 7.89. The zero-order valence-electron chi connectivity index (χ0n) is 12.8. The van der Waals surface area contributed by atoms with Crippen LogP contribution in [0.2, 0.25) is 0 Å². The molecule has 0 radical (unpaired) electrons. The van der Waals surface area contributed by atoms with E-state index in [9.17, 15) is 8.42 Å². The maximum atomic E-state index is 12.5. The van der Waals surface area contributed by atoms with Gasteiger partial charge in [-0.1, -0.05) is 6.07 Å². The van der Waals surface area contributed by atoms with Crippen molar-refractivity contribution in [2.45, 2.75) is 45.1 Å². The monoisotopic (exact) mass is 300 g/mol. The molecule has 0 fully saturated rings. The molecule has 1 aromatic rings. The van der Waals surface area contributed by atoms with Gasteiger partial charge in [0.25, 0.3) is 0 Å². The van der Waals surface area contributed by atoms with Gasteiger partial charge in [0.1, 0.15) is 0 Å². The number of hydrogen-bond acceptors (Lipinski definition) is 4. The van der Waals surface area contributed by atoms with Gasteiger partial charge in [-0.3, -0.25) is 0 Å². The lowest BCUT2D eigenvalue weighted by atomic mass is 10.1. The molecule has 0 amide bonds. The Morgan fingerprint density at radius 3 is 2.45 bits per heavy atom. The van der Waals surface area contributed by atoms with Gasteiger partial charge in [0.2, 0.25) is 10.0 Å². The van der Waals surface area contributed by atoms with Crippen LogP contribution in [0.1, 0.15) is 30.0 Å². The van der Waals surface area contributed by atoms with Gasteiger partial charge in [0.05, 0.1) is 4.90 Å². The fourth-order valence-corrected chi connectivity index (χ4v) is 4.03. The smallest absolute Gasteiger partial charge is 0.241 e. The van der Waals surface area contributed by atoms with Crippen molar-refractivity contribution < 1.29 is 13.2 Å². The summed E-state index contributed by atoms with van der Waals surface area (Å²) >= 11 is 0. The molecule has 0 saturated carbocycles. The molecule has 114 valence electrons. The van der Waals surface area contributed by atoms with Gasteiger partial charge < -0.3 is 10.5 Å². The molecule has 20 heavy (non-hydrogen) atoms. The van der Waals surface area contributed by atoms with Crippen LogP contribution < -0.4 is 10.5 Å². The molecule has 3 N–H and O–H groups in total. The van der Waals surface area contributed by atoms with E-state index in [1.165, 1.54) is 0 Å². The molecule has 0 heterocycles. The average molecular weight is 300 g/mol. The van der Waals surface area contributed by atoms with E-state index in [1.807, 2.05) is 13.8 Å². The number of aryl methyl sites for hydroxylation is 2. The highest BCUT2D eigenvalue weighted by atomic mass is 32.2. The Labute approximate surface area is 121 Å². The van der Waals surface area contributed by atoms with E-state index in [0.29, 0.717) is 29.8 Å². The molecule has 0 saturated heterocycles. The number of anilines is 1. The van der Waals surface area contributed by atoms with Crippen molar-refractivity contribution in [1.82, 2.24) is 4.72 Å². The number of nitrogen functional groups attached to an aromatic ring is 1. The van der Waals surface area contributed by atoms with Gasteiger partial charge in [-0.2, -0.15) is 0 Å². The van der Waals surface area contributed by atoms with Crippen LogP contribution in [-0.2, 0) is 14.8 Å². The molecule has 0 aliphatic rings. The summed E-state index contributed by atoms with van der Waals surface area (Å²) in [6.07, 6.45) is 0.620. The summed E-state index contributed by atoms with van der Waals surface area (Å²) in [6.45, 7) is 7.73. The van der Waals surface area contributed by atoms with Crippen molar-refractivity contribution in [3.63, 3.8) is 0 Å². The minimum absolute atomic E-state index is 0.193. The molecule has 0 aliphatic heterocycles. The van der Waals surface area contributed by atoms with Crippen LogP contribution in [0.25, 0.3) is 0 Å². The largest absolute Gasteiger partial charge is 0.398 e. The topological polar surface area (TPSA) is 81.4 Å². The second-order valence-corrected chi connectivity index (χ2v) is 6.83. The molecule has 1 aromatic carbocycles. The first-order valence-corrected chi connectivity index (χ1v) is 8.06. The fourth-order valence-electron chi connectivity index (χ4n) is 2.27. The molecular formula is C14H24N2O3S. The first-order chi connectivity index (χ1) is 9.20. The zero-order valence-corrected chi connectivity index (χ0v) is 13.6. The number of nitrogens with one attached hydrogen (secondary N) is 1.